The third-order valence-electron chi connectivity index (χ3n) is 2.95. The molecule has 0 atom stereocenters. The molecule has 4 nitrogen and oxygen atoms in total. The summed E-state index contributed by atoms with van der Waals surface area (Å²) in [6.07, 6.45) is 2.01. The van der Waals surface area contributed by atoms with Crippen LogP contribution in [0.15, 0.2) is 35.2 Å². The molecular weight excluding hydrogens is 292 g/mol. The van der Waals surface area contributed by atoms with Crippen LogP contribution in [0.2, 0.25) is 0 Å². The lowest BCUT2D eigenvalue weighted by Gasteiger charge is -2.00. The van der Waals surface area contributed by atoms with Gasteiger partial charge in [-0.25, -0.2) is 4.98 Å². The normalized spacial score (nSPS) is 11.2. The molecule has 0 bridgehead atoms. The number of para-hydroxylation sites is 1. The SMILES string of the molecule is CNCc1[nH]c(Br)nc1-c1c[nH]c2ccccc12. The number of aromatic amines is 2. The third kappa shape index (κ3) is 1.85. The van der Waals surface area contributed by atoms with Crippen molar-refractivity contribution in [2.45, 2.75) is 6.54 Å². The fourth-order valence-electron chi connectivity index (χ4n) is 2.17. The van der Waals surface area contributed by atoms with E-state index in [0.717, 1.165) is 33.7 Å². The molecule has 0 saturated carbocycles. The van der Waals surface area contributed by atoms with E-state index in [9.17, 15) is 0 Å². The number of imidazole rings is 1. The standard InChI is InChI=1S/C13H13BrN4/c1-15-7-11-12(18-13(14)17-11)9-6-16-10-5-3-2-4-8(9)10/h2-6,15-16H,7H2,1H3,(H,17,18). The number of rotatable bonds is 3. The highest BCUT2D eigenvalue weighted by Crippen LogP contribution is 2.30. The Kier molecular flexibility index (Phi) is 2.93. The van der Waals surface area contributed by atoms with Gasteiger partial charge >= 0.3 is 0 Å². The number of benzene rings is 1. The van der Waals surface area contributed by atoms with Gasteiger partial charge in [-0.15, -0.1) is 0 Å². The lowest BCUT2D eigenvalue weighted by molar-refractivity contribution is 0.797. The first-order chi connectivity index (χ1) is 8.79. The summed E-state index contributed by atoms with van der Waals surface area (Å²) in [5.74, 6) is 0. The smallest absolute Gasteiger partial charge is 0.175 e. The van der Waals surface area contributed by atoms with Crippen LogP contribution in [0.1, 0.15) is 5.69 Å². The van der Waals surface area contributed by atoms with Gasteiger partial charge in [-0.05, 0) is 29.0 Å². The average molecular weight is 305 g/mol. The van der Waals surface area contributed by atoms with Gasteiger partial charge in [-0.3, -0.25) is 0 Å². The van der Waals surface area contributed by atoms with E-state index >= 15 is 0 Å². The van der Waals surface area contributed by atoms with Gasteiger partial charge in [-0.1, -0.05) is 18.2 Å². The Morgan fingerprint density at radius 3 is 3.00 bits per heavy atom. The molecule has 0 radical (unpaired) electrons. The summed E-state index contributed by atoms with van der Waals surface area (Å²) in [5.41, 5.74) is 4.31. The maximum absolute atomic E-state index is 4.52. The second kappa shape index (κ2) is 4.59. The number of hydrogen-bond donors (Lipinski definition) is 3. The summed E-state index contributed by atoms with van der Waals surface area (Å²) in [6.45, 7) is 0.757. The number of H-pyrrole nitrogens is 2. The predicted molar refractivity (Wildman–Crippen MR) is 76.3 cm³/mol. The maximum atomic E-state index is 4.52. The Balaban J connectivity index is 2.19. The molecule has 0 aliphatic rings. The summed E-state index contributed by atoms with van der Waals surface area (Å²) in [5, 5.41) is 4.33. The summed E-state index contributed by atoms with van der Waals surface area (Å²) >= 11 is 3.40. The molecule has 18 heavy (non-hydrogen) atoms. The molecular formula is C13H13BrN4. The summed E-state index contributed by atoms with van der Waals surface area (Å²) in [6, 6.07) is 8.24. The molecule has 3 N–H and O–H groups in total. The highest BCUT2D eigenvalue weighted by Gasteiger charge is 2.14. The fraction of sp³-hybridized carbons (Fsp3) is 0.154. The number of halogens is 1. The fourth-order valence-corrected chi connectivity index (χ4v) is 2.59. The van der Waals surface area contributed by atoms with E-state index < -0.39 is 0 Å². The molecule has 5 heteroatoms. The van der Waals surface area contributed by atoms with E-state index in [2.05, 4.69) is 48.3 Å². The lowest BCUT2D eigenvalue weighted by Crippen LogP contribution is -2.06. The van der Waals surface area contributed by atoms with Gasteiger partial charge < -0.3 is 15.3 Å². The van der Waals surface area contributed by atoms with Crippen molar-refractivity contribution < 1.29 is 0 Å². The van der Waals surface area contributed by atoms with E-state index in [1.807, 2.05) is 25.4 Å². The van der Waals surface area contributed by atoms with Crippen LogP contribution in [0.3, 0.4) is 0 Å². The van der Waals surface area contributed by atoms with Gasteiger partial charge in [0.15, 0.2) is 4.73 Å². The molecule has 2 aromatic heterocycles. The minimum atomic E-state index is 0.757. The van der Waals surface area contributed by atoms with Crippen molar-refractivity contribution in [1.29, 1.82) is 0 Å². The van der Waals surface area contributed by atoms with Crippen molar-refractivity contribution in [2.24, 2.45) is 0 Å². The Morgan fingerprint density at radius 1 is 1.33 bits per heavy atom. The molecule has 0 amide bonds. The zero-order valence-electron chi connectivity index (χ0n) is 9.92. The first kappa shape index (κ1) is 11.5. The topological polar surface area (TPSA) is 56.5 Å². The largest absolute Gasteiger partial charge is 0.360 e. The van der Waals surface area contributed by atoms with Crippen LogP contribution in [0.5, 0.6) is 0 Å². The summed E-state index contributed by atoms with van der Waals surface area (Å²) in [7, 11) is 1.92. The van der Waals surface area contributed by atoms with E-state index in [0.29, 0.717) is 0 Å². The summed E-state index contributed by atoms with van der Waals surface area (Å²) < 4.78 is 0.757. The quantitative estimate of drug-likeness (QED) is 0.696. The van der Waals surface area contributed by atoms with Crippen molar-refractivity contribution in [3.8, 4) is 11.3 Å². The van der Waals surface area contributed by atoms with Crippen molar-refractivity contribution in [3.63, 3.8) is 0 Å². The van der Waals surface area contributed by atoms with Gasteiger partial charge in [0.1, 0.15) is 0 Å². The first-order valence-corrected chi connectivity index (χ1v) is 6.54. The minimum absolute atomic E-state index is 0.757. The molecule has 0 unspecified atom stereocenters. The molecule has 0 aliphatic carbocycles. The minimum Gasteiger partial charge on any atom is -0.360 e. The number of hydrogen-bond acceptors (Lipinski definition) is 2. The van der Waals surface area contributed by atoms with Crippen molar-refractivity contribution in [1.82, 2.24) is 20.3 Å². The van der Waals surface area contributed by atoms with Crippen LogP contribution in [0.25, 0.3) is 22.2 Å². The highest BCUT2D eigenvalue weighted by molar-refractivity contribution is 9.10. The molecule has 3 rings (SSSR count). The molecule has 0 spiro atoms. The molecule has 2 heterocycles. The van der Waals surface area contributed by atoms with Crippen LogP contribution in [-0.2, 0) is 6.54 Å². The van der Waals surface area contributed by atoms with Gasteiger partial charge in [0.25, 0.3) is 0 Å². The first-order valence-electron chi connectivity index (χ1n) is 5.75. The number of nitrogens with zero attached hydrogens (tertiary/aromatic N) is 1. The molecule has 0 fully saturated rings. The monoisotopic (exact) mass is 304 g/mol. The Bertz CT molecular complexity index is 683. The second-order valence-corrected chi connectivity index (χ2v) is 4.88. The Hall–Kier alpha value is -1.59. The number of aromatic nitrogens is 3. The Morgan fingerprint density at radius 2 is 2.17 bits per heavy atom. The number of nitrogens with one attached hydrogen (secondary N) is 3. The van der Waals surface area contributed by atoms with Gasteiger partial charge in [0.2, 0.25) is 0 Å². The van der Waals surface area contributed by atoms with Crippen molar-refractivity contribution in [3.05, 3.63) is 40.9 Å². The zero-order chi connectivity index (χ0) is 12.5. The van der Waals surface area contributed by atoms with E-state index in [1.54, 1.807) is 0 Å². The van der Waals surface area contributed by atoms with E-state index in [1.165, 1.54) is 5.39 Å². The van der Waals surface area contributed by atoms with Crippen molar-refractivity contribution in [2.75, 3.05) is 7.05 Å². The van der Waals surface area contributed by atoms with Crippen LogP contribution in [0, 0.1) is 0 Å². The lowest BCUT2D eigenvalue weighted by atomic mass is 10.1. The molecule has 0 aliphatic heterocycles. The molecule has 1 aromatic carbocycles. The van der Waals surface area contributed by atoms with E-state index in [-0.39, 0.29) is 0 Å². The third-order valence-corrected chi connectivity index (χ3v) is 3.32. The molecule has 0 saturated heterocycles. The Labute approximate surface area is 113 Å². The van der Waals surface area contributed by atoms with Crippen molar-refractivity contribution >= 4 is 26.8 Å². The van der Waals surface area contributed by atoms with Crippen LogP contribution in [-0.4, -0.2) is 22.0 Å². The average Bonchev–Trinajstić information content (AvgIpc) is 2.93. The van der Waals surface area contributed by atoms with E-state index in [4.69, 9.17) is 0 Å². The zero-order valence-corrected chi connectivity index (χ0v) is 11.5. The van der Waals surface area contributed by atoms with Gasteiger partial charge in [0.05, 0.1) is 11.4 Å². The second-order valence-electron chi connectivity index (χ2n) is 4.13. The number of fused-ring (bicyclic) bond motifs is 1. The highest BCUT2D eigenvalue weighted by atomic mass is 79.9. The molecule has 92 valence electrons. The van der Waals surface area contributed by atoms with Crippen LogP contribution >= 0.6 is 15.9 Å². The van der Waals surface area contributed by atoms with Crippen LogP contribution in [0.4, 0.5) is 0 Å². The van der Waals surface area contributed by atoms with Crippen LogP contribution < -0.4 is 5.32 Å². The summed E-state index contributed by atoms with van der Waals surface area (Å²) in [4.78, 5) is 11.0. The predicted octanol–water partition coefficient (Wildman–Crippen LogP) is 3.04. The maximum Gasteiger partial charge on any atom is 0.175 e. The van der Waals surface area contributed by atoms with Gasteiger partial charge in [-0.2, -0.15) is 0 Å². The molecule has 3 aromatic rings. The van der Waals surface area contributed by atoms with Gasteiger partial charge in [0, 0.05) is 29.2 Å².